The van der Waals surface area contributed by atoms with E-state index in [2.05, 4.69) is 22.1 Å². The number of nitrogens with one attached hydrogen (secondary N) is 1. The molecule has 2 aromatic rings. The fourth-order valence-corrected chi connectivity index (χ4v) is 3.44. The molecule has 0 saturated carbocycles. The van der Waals surface area contributed by atoms with Crippen LogP contribution in [-0.4, -0.2) is 36.0 Å². The lowest BCUT2D eigenvalue weighted by molar-refractivity contribution is -0.142. The van der Waals surface area contributed by atoms with Crippen LogP contribution < -0.4 is 15.8 Å². The molecule has 1 aromatic carbocycles. The second kappa shape index (κ2) is 10.7. The number of amides is 1. The van der Waals surface area contributed by atoms with E-state index >= 15 is 0 Å². The number of fused-ring (bicyclic) bond motifs is 1. The van der Waals surface area contributed by atoms with Crippen LogP contribution in [0.25, 0.3) is 11.1 Å². The molecule has 1 aliphatic heterocycles. The zero-order valence-electron chi connectivity index (χ0n) is 18.3. The number of anilines is 1. The molecule has 0 bridgehead atoms. The molecule has 34 heavy (non-hydrogen) atoms. The average Bonchev–Trinajstić information content (AvgIpc) is 2.80. The van der Waals surface area contributed by atoms with Crippen molar-refractivity contribution in [2.75, 3.05) is 18.5 Å². The number of carbonyl (C=O) groups is 3. The van der Waals surface area contributed by atoms with Crippen molar-refractivity contribution in [1.29, 1.82) is 0 Å². The summed E-state index contributed by atoms with van der Waals surface area (Å²) in [6, 6.07) is 8.63. The molecule has 1 aromatic heterocycles. The van der Waals surface area contributed by atoms with Gasteiger partial charge in [-0.15, -0.1) is 12.8 Å². The van der Waals surface area contributed by atoms with Crippen molar-refractivity contribution >= 4 is 23.7 Å². The number of nitrogens with two attached hydrogens (primary N) is 1. The van der Waals surface area contributed by atoms with Crippen LogP contribution in [-0.2, 0) is 23.9 Å². The molecule has 3 N–H and O–H groups in total. The third-order valence-corrected chi connectivity index (χ3v) is 4.81. The van der Waals surface area contributed by atoms with Crippen LogP contribution in [0.1, 0.15) is 24.8 Å². The highest BCUT2D eigenvalue weighted by atomic mass is 16.5. The molecule has 1 amide bonds. The van der Waals surface area contributed by atoms with E-state index in [0.717, 1.165) is 11.1 Å². The first kappa shape index (κ1) is 23.9. The van der Waals surface area contributed by atoms with Gasteiger partial charge in [0.05, 0.1) is 6.42 Å². The third-order valence-electron chi connectivity index (χ3n) is 4.81. The monoisotopic (exact) mass is 459 g/mol. The molecule has 172 valence electrons. The number of hydrogen-bond donors (Lipinski definition) is 2. The summed E-state index contributed by atoms with van der Waals surface area (Å²) in [4.78, 5) is 40.6. The van der Waals surface area contributed by atoms with Gasteiger partial charge in [0.15, 0.2) is 13.2 Å². The summed E-state index contributed by atoms with van der Waals surface area (Å²) in [7, 11) is 0. The maximum Gasteiger partial charge on any atom is 0.341 e. The summed E-state index contributed by atoms with van der Waals surface area (Å²) >= 11 is 0. The van der Waals surface area contributed by atoms with Crippen molar-refractivity contribution in [2.24, 2.45) is 5.73 Å². The Morgan fingerprint density at radius 1 is 1.12 bits per heavy atom. The molecule has 9 nitrogen and oxygen atoms in total. The lowest BCUT2D eigenvalue weighted by Gasteiger charge is -2.28. The number of aromatic nitrogens is 1. The maximum atomic E-state index is 12.7. The summed E-state index contributed by atoms with van der Waals surface area (Å²) in [6.45, 7) is 0.889. The first-order valence-electron chi connectivity index (χ1n) is 10.1. The van der Waals surface area contributed by atoms with Crippen molar-refractivity contribution in [2.45, 2.75) is 19.3 Å². The predicted octanol–water partition coefficient (Wildman–Crippen LogP) is 2.10. The summed E-state index contributed by atoms with van der Waals surface area (Å²) in [6.07, 6.45) is 11.7. The smallest absolute Gasteiger partial charge is 0.341 e. The lowest BCUT2D eigenvalue weighted by atomic mass is 9.84. The van der Waals surface area contributed by atoms with Crippen molar-refractivity contribution in [3.05, 3.63) is 53.5 Å². The first-order valence-corrected chi connectivity index (χ1v) is 10.1. The van der Waals surface area contributed by atoms with E-state index in [0.29, 0.717) is 17.1 Å². The Morgan fingerprint density at radius 2 is 1.82 bits per heavy atom. The molecule has 0 saturated heterocycles. The van der Waals surface area contributed by atoms with E-state index in [1.54, 1.807) is 36.5 Å². The van der Waals surface area contributed by atoms with E-state index in [1.807, 2.05) is 0 Å². The Labute approximate surface area is 196 Å². The topological polar surface area (TPSA) is 130 Å². The van der Waals surface area contributed by atoms with Gasteiger partial charge < -0.3 is 25.3 Å². The number of pyridine rings is 1. The number of benzene rings is 1. The SMILES string of the molecule is C#CCOC(=O)CC1C(C(=O)OCC#C)=C(N)Oc2ccc(-c3ccnc(NC(C)=O)c3)cc21. The van der Waals surface area contributed by atoms with Crippen molar-refractivity contribution in [3.63, 3.8) is 0 Å². The molecule has 0 radical (unpaired) electrons. The number of terminal acetylenes is 2. The third kappa shape index (κ3) is 5.53. The van der Waals surface area contributed by atoms with Crippen LogP contribution in [0.15, 0.2) is 48.0 Å². The Balaban J connectivity index is 2.04. The number of nitrogens with zero attached hydrogens (tertiary/aromatic N) is 1. The number of rotatable bonds is 7. The standard InChI is InChI=1S/C25H21N3O6/c1-4-10-32-22(30)14-19-18-12-16(17-8-9-27-21(13-17)28-15(3)29)6-7-20(18)34-24(26)23(19)25(31)33-11-5-2/h1-2,6-9,12-13,19H,10-11,14,26H2,3H3,(H,27,28,29). The fraction of sp³-hybridized carbons (Fsp3) is 0.200. The minimum absolute atomic E-state index is 0.0498. The molecule has 0 aliphatic carbocycles. The van der Waals surface area contributed by atoms with Gasteiger partial charge >= 0.3 is 11.9 Å². The van der Waals surface area contributed by atoms with Crippen LogP contribution in [0.3, 0.4) is 0 Å². The molecule has 9 heteroatoms. The zero-order valence-corrected chi connectivity index (χ0v) is 18.3. The molecule has 2 heterocycles. The number of hydrogen-bond acceptors (Lipinski definition) is 8. The molecular formula is C25H21N3O6. The minimum atomic E-state index is -0.837. The first-order chi connectivity index (χ1) is 16.3. The summed E-state index contributed by atoms with van der Waals surface area (Å²) < 4.78 is 15.7. The zero-order chi connectivity index (χ0) is 24.7. The number of ether oxygens (including phenoxy) is 3. The van der Waals surface area contributed by atoms with Gasteiger partial charge in [0.25, 0.3) is 0 Å². The van der Waals surface area contributed by atoms with E-state index in [-0.39, 0.29) is 37.0 Å². The summed E-state index contributed by atoms with van der Waals surface area (Å²) in [5.41, 5.74) is 7.93. The van der Waals surface area contributed by atoms with Gasteiger partial charge in [-0.1, -0.05) is 17.9 Å². The van der Waals surface area contributed by atoms with E-state index in [9.17, 15) is 14.4 Å². The molecule has 1 atom stereocenters. The molecule has 0 spiro atoms. The largest absolute Gasteiger partial charge is 0.452 e. The Kier molecular flexibility index (Phi) is 7.52. The second-order valence-corrected chi connectivity index (χ2v) is 7.15. The molecule has 1 unspecified atom stereocenters. The Morgan fingerprint density at radius 3 is 2.53 bits per heavy atom. The summed E-state index contributed by atoms with van der Waals surface area (Å²) in [5, 5.41) is 2.63. The Bertz CT molecular complexity index is 1250. The predicted molar refractivity (Wildman–Crippen MR) is 123 cm³/mol. The maximum absolute atomic E-state index is 12.7. The average molecular weight is 459 g/mol. The van der Waals surface area contributed by atoms with Gasteiger partial charge in [0.2, 0.25) is 11.8 Å². The molecule has 0 fully saturated rings. The highest BCUT2D eigenvalue weighted by molar-refractivity contribution is 5.93. The van der Waals surface area contributed by atoms with E-state index < -0.39 is 17.9 Å². The van der Waals surface area contributed by atoms with Crippen LogP contribution in [0.4, 0.5) is 5.82 Å². The van der Waals surface area contributed by atoms with Crippen LogP contribution in [0.5, 0.6) is 5.75 Å². The highest BCUT2D eigenvalue weighted by Crippen LogP contribution is 2.42. The fourth-order valence-electron chi connectivity index (χ4n) is 3.44. The summed E-state index contributed by atoms with van der Waals surface area (Å²) in [5.74, 6) is 2.43. The van der Waals surface area contributed by atoms with Crippen LogP contribution in [0.2, 0.25) is 0 Å². The highest BCUT2D eigenvalue weighted by Gasteiger charge is 2.36. The normalized spacial score (nSPS) is 14.0. The van der Waals surface area contributed by atoms with Gasteiger partial charge in [0, 0.05) is 24.6 Å². The van der Waals surface area contributed by atoms with Crippen molar-refractivity contribution in [3.8, 4) is 41.6 Å². The van der Waals surface area contributed by atoms with Gasteiger partial charge in [-0.2, -0.15) is 0 Å². The minimum Gasteiger partial charge on any atom is -0.452 e. The van der Waals surface area contributed by atoms with Gasteiger partial charge in [-0.3, -0.25) is 9.59 Å². The number of carbonyl (C=O) groups excluding carboxylic acids is 3. The van der Waals surface area contributed by atoms with Gasteiger partial charge in [-0.05, 0) is 35.4 Å². The lowest BCUT2D eigenvalue weighted by Crippen LogP contribution is -2.28. The quantitative estimate of drug-likeness (QED) is 0.476. The van der Waals surface area contributed by atoms with Crippen molar-refractivity contribution in [1.82, 2.24) is 4.98 Å². The van der Waals surface area contributed by atoms with Crippen LogP contribution >= 0.6 is 0 Å². The van der Waals surface area contributed by atoms with Gasteiger partial charge in [-0.25, -0.2) is 9.78 Å². The van der Waals surface area contributed by atoms with Crippen LogP contribution in [0, 0.1) is 24.7 Å². The van der Waals surface area contributed by atoms with Crippen molar-refractivity contribution < 1.29 is 28.6 Å². The second-order valence-electron chi connectivity index (χ2n) is 7.15. The number of esters is 2. The molecule has 3 rings (SSSR count). The molecular weight excluding hydrogens is 438 g/mol. The van der Waals surface area contributed by atoms with Gasteiger partial charge in [0.1, 0.15) is 17.1 Å². The molecule has 1 aliphatic rings. The van der Waals surface area contributed by atoms with E-state index in [1.165, 1.54) is 6.92 Å². The Hall–Kier alpha value is -4.76. The van der Waals surface area contributed by atoms with E-state index in [4.69, 9.17) is 32.8 Å².